The fraction of sp³-hybridized carbons (Fsp3) is 0.304. The van der Waals surface area contributed by atoms with Crippen LogP contribution in [-0.2, 0) is 6.54 Å². The summed E-state index contributed by atoms with van der Waals surface area (Å²) in [7, 11) is 0. The van der Waals surface area contributed by atoms with E-state index in [0.29, 0.717) is 23.6 Å². The third kappa shape index (κ3) is 5.48. The van der Waals surface area contributed by atoms with Gasteiger partial charge in [0.1, 0.15) is 0 Å². The molecule has 4 N–H and O–H groups in total. The largest absolute Gasteiger partial charge is 0.465 e. The van der Waals surface area contributed by atoms with Crippen LogP contribution in [0.15, 0.2) is 54.7 Å². The first-order valence-corrected chi connectivity index (χ1v) is 10.4. The van der Waals surface area contributed by atoms with Crippen molar-refractivity contribution in [2.24, 2.45) is 0 Å². The van der Waals surface area contributed by atoms with Crippen LogP contribution in [-0.4, -0.2) is 39.2 Å². The number of amides is 2. The smallest absolute Gasteiger partial charge is 0.404 e. The molecule has 1 aromatic heterocycles. The van der Waals surface area contributed by atoms with Crippen molar-refractivity contribution < 1.29 is 14.7 Å². The number of rotatable bonds is 6. The van der Waals surface area contributed by atoms with E-state index in [1.165, 1.54) is 0 Å². The standard InChI is InChI=1S/C23H25N5O3/c29-21(24-13-15-4-2-1-3-5-15)16-6-7-17-14-25-22(28-20(17)12-16)26-18-8-10-19(11-9-18)27-23(30)31/h1-7,12,14,18-19,27H,8-11,13H2,(H,24,29)(H,30,31)(H,25,26,28). The topological polar surface area (TPSA) is 116 Å². The highest BCUT2D eigenvalue weighted by atomic mass is 16.4. The van der Waals surface area contributed by atoms with Crippen LogP contribution in [0.4, 0.5) is 10.7 Å². The van der Waals surface area contributed by atoms with Gasteiger partial charge in [-0.15, -0.1) is 0 Å². The van der Waals surface area contributed by atoms with Crippen LogP contribution in [0.3, 0.4) is 0 Å². The molecular weight excluding hydrogens is 394 g/mol. The maximum atomic E-state index is 12.6. The number of anilines is 1. The van der Waals surface area contributed by atoms with E-state index in [1.807, 2.05) is 36.4 Å². The van der Waals surface area contributed by atoms with Gasteiger partial charge in [0.25, 0.3) is 5.91 Å². The lowest BCUT2D eigenvalue weighted by atomic mass is 9.91. The molecule has 8 nitrogen and oxygen atoms in total. The van der Waals surface area contributed by atoms with Crippen molar-refractivity contribution in [2.45, 2.75) is 44.3 Å². The second-order valence-electron chi connectivity index (χ2n) is 7.78. The molecule has 0 radical (unpaired) electrons. The molecule has 2 amide bonds. The fourth-order valence-electron chi connectivity index (χ4n) is 3.85. The maximum absolute atomic E-state index is 12.6. The normalized spacial score (nSPS) is 18.3. The molecule has 1 aliphatic rings. The zero-order valence-electron chi connectivity index (χ0n) is 17.0. The summed E-state index contributed by atoms with van der Waals surface area (Å²) in [5.74, 6) is 0.368. The summed E-state index contributed by atoms with van der Waals surface area (Å²) >= 11 is 0. The molecule has 4 rings (SSSR count). The van der Waals surface area contributed by atoms with Crippen LogP contribution >= 0.6 is 0 Å². The monoisotopic (exact) mass is 419 g/mol. The molecule has 2 aromatic carbocycles. The van der Waals surface area contributed by atoms with Gasteiger partial charge in [0.15, 0.2) is 0 Å². The molecule has 31 heavy (non-hydrogen) atoms. The predicted octanol–water partition coefficient (Wildman–Crippen LogP) is 3.55. The molecule has 1 heterocycles. The summed E-state index contributed by atoms with van der Waals surface area (Å²) in [5.41, 5.74) is 2.29. The van der Waals surface area contributed by atoms with Crippen molar-refractivity contribution in [1.29, 1.82) is 0 Å². The van der Waals surface area contributed by atoms with E-state index in [0.717, 1.165) is 36.6 Å². The van der Waals surface area contributed by atoms with Gasteiger partial charge in [-0.1, -0.05) is 36.4 Å². The van der Waals surface area contributed by atoms with Crippen LogP contribution in [0.1, 0.15) is 41.6 Å². The molecule has 3 aromatic rings. The number of hydrogen-bond acceptors (Lipinski definition) is 5. The van der Waals surface area contributed by atoms with Gasteiger partial charge in [-0.2, -0.15) is 0 Å². The first-order valence-electron chi connectivity index (χ1n) is 10.4. The Labute approximate surface area is 180 Å². The molecule has 0 atom stereocenters. The first kappa shape index (κ1) is 20.6. The van der Waals surface area contributed by atoms with E-state index in [-0.39, 0.29) is 18.0 Å². The number of aromatic nitrogens is 2. The number of carbonyl (C=O) groups excluding carboxylic acids is 1. The summed E-state index contributed by atoms with van der Waals surface area (Å²) < 4.78 is 0. The third-order valence-electron chi connectivity index (χ3n) is 5.53. The molecule has 8 heteroatoms. The highest BCUT2D eigenvalue weighted by Gasteiger charge is 2.22. The van der Waals surface area contributed by atoms with Crippen molar-refractivity contribution in [2.75, 3.05) is 5.32 Å². The average molecular weight is 419 g/mol. The van der Waals surface area contributed by atoms with Crippen molar-refractivity contribution >= 4 is 28.9 Å². The molecule has 0 unspecified atom stereocenters. The number of carboxylic acid groups (broad SMARTS) is 1. The van der Waals surface area contributed by atoms with Crippen LogP contribution in [0, 0.1) is 0 Å². The van der Waals surface area contributed by atoms with Crippen molar-refractivity contribution in [3.05, 3.63) is 65.9 Å². The van der Waals surface area contributed by atoms with E-state index in [4.69, 9.17) is 5.11 Å². The molecule has 1 aliphatic carbocycles. The summed E-state index contributed by atoms with van der Waals surface area (Å²) in [6, 6.07) is 15.4. The van der Waals surface area contributed by atoms with Gasteiger partial charge < -0.3 is 21.1 Å². The lowest BCUT2D eigenvalue weighted by Crippen LogP contribution is -2.39. The van der Waals surface area contributed by atoms with Gasteiger partial charge in [0.2, 0.25) is 5.95 Å². The van der Waals surface area contributed by atoms with Gasteiger partial charge >= 0.3 is 6.09 Å². The SMILES string of the molecule is O=C(O)NC1CCC(Nc2ncc3ccc(C(=O)NCc4ccccc4)cc3n2)CC1. The van der Waals surface area contributed by atoms with Gasteiger partial charge in [-0.3, -0.25) is 4.79 Å². The van der Waals surface area contributed by atoms with Gasteiger partial charge in [-0.05, 0) is 43.4 Å². The number of carbonyl (C=O) groups is 2. The average Bonchev–Trinajstić information content (AvgIpc) is 2.78. The lowest BCUT2D eigenvalue weighted by Gasteiger charge is -2.28. The summed E-state index contributed by atoms with van der Waals surface area (Å²) in [5, 5.41) is 18.5. The molecule has 0 saturated heterocycles. The number of nitrogens with one attached hydrogen (secondary N) is 3. The van der Waals surface area contributed by atoms with Crippen LogP contribution in [0.2, 0.25) is 0 Å². The summed E-state index contributed by atoms with van der Waals surface area (Å²) in [6.07, 6.45) is 4.01. The Balaban J connectivity index is 1.39. The van der Waals surface area contributed by atoms with E-state index >= 15 is 0 Å². The minimum absolute atomic E-state index is 0.00466. The maximum Gasteiger partial charge on any atom is 0.404 e. The minimum Gasteiger partial charge on any atom is -0.465 e. The van der Waals surface area contributed by atoms with Gasteiger partial charge in [0, 0.05) is 35.8 Å². The molecule has 0 aliphatic heterocycles. The zero-order valence-corrected chi connectivity index (χ0v) is 17.0. The van der Waals surface area contributed by atoms with Crippen LogP contribution in [0.25, 0.3) is 10.9 Å². The number of benzene rings is 2. The Morgan fingerprint density at radius 1 is 1.00 bits per heavy atom. The highest BCUT2D eigenvalue weighted by Crippen LogP contribution is 2.22. The zero-order chi connectivity index (χ0) is 21.6. The number of hydrogen-bond donors (Lipinski definition) is 4. The quantitative estimate of drug-likeness (QED) is 0.486. The lowest BCUT2D eigenvalue weighted by molar-refractivity contribution is 0.0951. The summed E-state index contributed by atoms with van der Waals surface area (Å²) in [4.78, 5) is 32.3. The number of nitrogens with zero attached hydrogens (tertiary/aromatic N) is 2. The molecule has 160 valence electrons. The Morgan fingerprint density at radius 3 is 2.48 bits per heavy atom. The van der Waals surface area contributed by atoms with Gasteiger partial charge in [0.05, 0.1) is 5.52 Å². The number of fused-ring (bicyclic) bond motifs is 1. The molecule has 1 fully saturated rings. The second kappa shape index (κ2) is 9.42. The Hall–Kier alpha value is -3.68. The predicted molar refractivity (Wildman–Crippen MR) is 118 cm³/mol. The van der Waals surface area contributed by atoms with Crippen LogP contribution in [0.5, 0.6) is 0 Å². The van der Waals surface area contributed by atoms with E-state index in [1.54, 1.807) is 18.3 Å². The van der Waals surface area contributed by atoms with Crippen molar-refractivity contribution in [3.8, 4) is 0 Å². The fourth-order valence-corrected chi connectivity index (χ4v) is 3.85. The first-order chi connectivity index (χ1) is 15.1. The minimum atomic E-state index is -0.974. The summed E-state index contributed by atoms with van der Waals surface area (Å²) in [6.45, 7) is 0.466. The van der Waals surface area contributed by atoms with E-state index < -0.39 is 6.09 Å². The second-order valence-corrected chi connectivity index (χ2v) is 7.78. The van der Waals surface area contributed by atoms with Crippen molar-refractivity contribution in [1.82, 2.24) is 20.6 Å². The molecule has 0 bridgehead atoms. The molecular formula is C23H25N5O3. The van der Waals surface area contributed by atoms with Gasteiger partial charge in [-0.25, -0.2) is 14.8 Å². The molecule has 1 saturated carbocycles. The Bertz CT molecular complexity index is 1070. The van der Waals surface area contributed by atoms with Crippen LogP contribution < -0.4 is 16.0 Å². The van der Waals surface area contributed by atoms with E-state index in [2.05, 4.69) is 25.9 Å². The highest BCUT2D eigenvalue weighted by molar-refractivity contribution is 5.97. The Kier molecular flexibility index (Phi) is 6.26. The Morgan fingerprint density at radius 2 is 1.74 bits per heavy atom. The van der Waals surface area contributed by atoms with E-state index in [9.17, 15) is 9.59 Å². The molecule has 0 spiro atoms. The third-order valence-corrected chi connectivity index (χ3v) is 5.53. The van der Waals surface area contributed by atoms with Crippen molar-refractivity contribution in [3.63, 3.8) is 0 Å².